The Hall–Kier alpha value is -2.02. The van der Waals surface area contributed by atoms with Gasteiger partial charge in [0, 0.05) is 17.6 Å². The van der Waals surface area contributed by atoms with Crippen LogP contribution in [0.3, 0.4) is 0 Å². The predicted octanol–water partition coefficient (Wildman–Crippen LogP) is 1.64. The normalized spacial score (nSPS) is 10.5. The maximum Gasteiger partial charge on any atom is 0.337 e. The van der Waals surface area contributed by atoms with E-state index in [1.165, 1.54) is 18.9 Å². The van der Waals surface area contributed by atoms with E-state index in [2.05, 4.69) is 14.9 Å². The van der Waals surface area contributed by atoms with Crippen molar-refractivity contribution in [1.82, 2.24) is 14.8 Å². The molecule has 2 aromatic rings. The molecule has 1 aromatic carbocycles. The number of carbonyl (C=O) groups is 1. The molecule has 100 valence electrons. The van der Waals surface area contributed by atoms with Crippen molar-refractivity contribution in [2.75, 3.05) is 12.8 Å². The summed E-state index contributed by atoms with van der Waals surface area (Å²) in [6, 6.07) is 5.04. The Kier molecular flexibility index (Phi) is 3.75. The molecule has 0 spiro atoms. The molecule has 2 rings (SSSR count). The first-order valence-electron chi connectivity index (χ1n) is 5.54. The zero-order chi connectivity index (χ0) is 14.0. The second kappa shape index (κ2) is 5.31. The van der Waals surface area contributed by atoms with E-state index in [9.17, 15) is 4.79 Å². The van der Waals surface area contributed by atoms with Gasteiger partial charge in [-0.1, -0.05) is 0 Å². The molecule has 0 unspecified atom stereocenters. The second-order valence-corrected chi connectivity index (χ2v) is 4.94. The van der Waals surface area contributed by atoms with Crippen LogP contribution in [0.2, 0.25) is 0 Å². The monoisotopic (exact) mass is 278 g/mol. The molecule has 0 bridgehead atoms. The average Bonchev–Trinajstić information content (AvgIpc) is 2.72. The number of ether oxygens (including phenoxy) is 1. The Morgan fingerprint density at radius 2 is 2.16 bits per heavy atom. The lowest BCUT2D eigenvalue weighted by Gasteiger charge is -2.06. The molecular formula is C12H14N4O2S. The number of anilines is 1. The lowest BCUT2D eigenvalue weighted by molar-refractivity contribution is 0.0600. The number of rotatable bonds is 3. The van der Waals surface area contributed by atoms with Crippen LogP contribution in [0.5, 0.6) is 0 Å². The van der Waals surface area contributed by atoms with Gasteiger partial charge in [-0.25, -0.2) is 4.79 Å². The lowest BCUT2D eigenvalue weighted by Crippen LogP contribution is -2.02. The van der Waals surface area contributed by atoms with Gasteiger partial charge in [-0.15, -0.1) is 10.2 Å². The number of hydrogen-bond donors (Lipinski definition) is 1. The standard InChI is InChI=1S/C12H14N4O2S/c1-7-14-15-12(16(7)2)19-10-5-4-8(6-9(10)13)11(17)18-3/h4-6H,13H2,1-3H3. The summed E-state index contributed by atoms with van der Waals surface area (Å²) in [6.45, 7) is 1.88. The van der Waals surface area contributed by atoms with E-state index in [1.807, 2.05) is 18.5 Å². The Morgan fingerprint density at radius 3 is 2.68 bits per heavy atom. The Bertz CT molecular complexity index is 624. The fraction of sp³-hybridized carbons (Fsp3) is 0.250. The highest BCUT2D eigenvalue weighted by atomic mass is 32.2. The van der Waals surface area contributed by atoms with E-state index < -0.39 is 5.97 Å². The van der Waals surface area contributed by atoms with E-state index in [-0.39, 0.29) is 0 Å². The molecule has 0 saturated heterocycles. The molecule has 2 N–H and O–H groups in total. The van der Waals surface area contributed by atoms with Crippen LogP contribution in [0.25, 0.3) is 0 Å². The molecule has 0 aliphatic rings. The van der Waals surface area contributed by atoms with Gasteiger partial charge in [0.25, 0.3) is 0 Å². The van der Waals surface area contributed by atoms with Gasteiger partial charge < -0.3 is 15.0 Å². The maximum atomic E-state index is 11.4. The molecule has 6 nitrogen and oxygen atoms in total. The van der Waals surface area contributed by atoms with Crippen LogP contribution >= 0.6 is 11.8 Å². The molecule has 1 heterocycles. The van der Waals surface area contributed by atoms with Crippen molar-refractivity contribution >= 4 is 23.4 Å². The summed E-state index contributed by atoms with van der Waals surface area (Å²) in [6.07, 6.45) is 0. The van der Waals surface area contributed by atoms with Gasteiger partial charge in [-0.05, 0) is 36.9 Å². The number of hydrogen-bond acceptors (Lipinski definition) is 6. The van der Waals surface area contributed by atoms with Gasteiger partial charge in [0.05, 0.1) is 12.7 Å². The molecule has 0 fully saturated rings. The quantitative estimate of drug-likeness (QED) is 0.679. The van der Waals surface area contributed by atoms with Crippen molar-refractivity contribution in [3.05, 3.63) is 29.6 Å². The van der Waals surface area contributed by atoms with Crippen LogP contribution in [-0.2, 0) is 11.8 Å². The fourth-order valence-corrected chi connectivity index (χ4v) is 2.32. The van der Waals surface area contributed by atoms with Crippen molar-refractivity contribution in [2.24, 2.45) is 7.05 Å². The fourth-order valence-electron chi connectivity index (χ4n) is 1.46. The number of nitrogen functional groups attached to an aromatic ring is 1. The Morgan fingerprint density at radius 1 is 1.42 bits per heavy atom. The number of carbonyl (C=O) groups excluding carboxylic acids is 1. The Labute approximate surface area is 115 Å². The first-order valence-corrected chi connectivity index (χ1v) is 6.36. The molecule has 19 heavy (non-hydrogen) atoms. The highest BCUT2D eigenvalue weighted by Crippen LogP contribution is 2.31. The third-order valence-electron chi connectivity index (χ3n) is 2.68. The van der Waals surface area contributed by atoms with Crippen LogP contribution in [0, 0.1) is 6.92 Å². The number of esters is 1. The number of aromatic nitrogens is 3. The van der Waals surface area contributed by atoms with E-state index in [1.54, 1.807) is 18.2 Å². The van der Waals surface area contributed by atoms with Crippen LogP contribution in [0.15, 0.2) is 28.3 Å². The molecule has 1 aromatic heterocycles. The van der Waals surface area contributed by atoms with Crippen LogP contribution < -0.4 is 5.73 Å². The largest absolute Gasteiger partial charge is 0.465 e. The van der Waals surface area contributed by atoms with Gasteiger partial charge in [-0.2, -0.15) is 0 Å². The van der Waals surface area contributed by atoms with Gasteiger partial charge in [0.1, 0.15) is 5.82 Å². The third kappa shape index (κ3) is 2.70. The third-order valence-corrected chi connectivity index (χ3v) is 3.81. The topological polar surface area (TPSA) is 83.0 Å². The summed E-state index contributed by atoms with van der Waals surface area (Å²) in [7, 11) is 3.22. The summed E-state index contributed by atoms with van der Waals surface area (Å²) in [4.78, 5) is 12.2. The van der Waals surface area contributed by atoms with E-state index in [4.69, 9.17) is 5.73 Å². The molecule has 0 aliphatic heterocycles. The minimum Gasteiger partial charge on any atom is -0.465 e. The average molecular weight is 278 g/mol. The SMILES string of the molecule is COC(=O)c1ccc(Sc2nnc(C)n2C)c(N)c1. The molecule has 0 aliphatic carbocycles. The summed E-state index contributed by atoms with van der Waals surface area (Å²) < 4.78 is 6.52. The first kappa shape index (κ1) is 13.4. The summed E-state index contributed by atoms with van der Waals surface area (Å²) in [5, 5.41) is 8.78. The molecule has 7 heteroatoms. The molecular weight excluding hydrogens is 264 g/mol. The molecule has 0 saturated carbocycles. The summed E-state index contributed by atoms with van der Waals surface area (Å²) in [5.41, 5.74) is 6.87. The van der Waals surface area contributed by atoms with Gasteiger partial charge >= 0.3 is 5.97 Å². The Balaban J connectivity index is 2.27. The zero-order valence-corrected chi connectivity index (χ0v) is 11.7. The first-order chi connectivity index (χ1) is 9.02. The number of methoxy groups -OCH3 is 1. The highest BCUT2D eigenvalue weighted by Gasteiger charge is 2.12. The van der Waals surface area contributed by atoms with Gasteiger partial charge in [0.2, 0.25) is 0 Å². The summed E-state index contributed by atoms with van der Waals surface area (Å²) in [5.74, 6) is 0.421. The van der Waals surface area contributed by atoms with E-state index >= 15 is 0 Å². The lowest BCUT2D eigenvalue weighted by atomic mass is 10.2. The van der Waals surface area contributed by atoms with Crippen molar-refractivity contribution in [1.29, 1.82) is 0 Å². The minimum atomic E-state index is -0.405. The summed E-state index contributed by atoms with van der Waals surface area (Å²) >= 11 is 1.40. The van der Waals surface area contributed by atoms with E-state index in [0.717, 1.165) is 15.9 Å². The zero-order valence-electron chi connectivity index (χ0n) is 10.9. The maximum absolute atomic E-state index is 11.4. The van der Waals surface area contributed by atoms with Gasteiger partial charge in [-0.3, -0.25) is 0 Å². The van der Waals surface area contributed by atoms with Gasteiger partial charge in [0.15, 0.2) is 5.16 Å². The number of nitrogens with zero attached hydrogens (tertiary/aromatic N) is 3. The predicted molar refractivity (Wildman–Crippen MR) is 72.1 cm³/mol. The van der Waals surface area contributed by atoms with Crippen molar-refractivity contribution in [2.45, 2.75) is 17.0 Å². The van der Waals surface area contributed by atoms with Crippen LogP contribution in [0.4, 0.5) is 5.69 Å². The smallest absolute Gasteiger partial charge is 0.337 e. The van der Waals surface area contributed by atoms with Crippen LogP contribution in [0.1, 0.15) is 16.2 Å². The molecule has 0 atom stereocenters. The minimum absolute atomic E-state index is 0.405. The van der Waals surface area contributed by atoms with E-state index in [0.29, 0.717) is 11.3 Å². The highest BCUT2D eigenvalue weighted by molar-refractivity contribution is 7.99. The number of nitrogens with two attached hydrogens (primary N) is 1. The number of benzene rings is 1. The number of aryl methyl sites for hydroxylation is 1. The molecule has 0 radical (unpaired) electrons. The van der Waals surface area contributed by atoms with Crippen LogP contribution in [-0.4, -0.2) is 27.8 Å². The molecule has 0 amide bonds. The van der Waals surface area contributed by atoms with Crippen molar-refractivity contribution < 1.29 is 9.53 Å². The van der Waals surface area contributed by atoms with Crippen molar-refractivity contribution in [3.8, 4) is 0 Å². The van der Waals surface area contributed by atoms with Crippen molar-refractivity contribution in [3.63, 3.8) is 0 Å². The second-order valence-electron chi connectivity index (χ2n) is 3.94.